The fourth-order valence-corrected chi connectivity index (χ4v) is 5.99. The number of piperidine rings is 1. The molecular formula is C21H26F3N5S. The van der Waals surface area contributed by atoms with E-state index in [4.69, 9.17) is 5.73 Å². The average molecular weight is 438 g/mol. The third kappa shape index (κ3) is 4.08. The predicted octanol–water partition coefficient (Wildman–Crippen LogP) is 5.28. The van der Waals surface area contributed by atoms with Gasteiger partial charge >= 0.3 is 6.18 Å². The molecule has 3 heterocycles. The van der Waals surface area contributed by atoms with Crippen LogP contribution in [-0.2, 0) is 6.18 Å². The molecule has 4 rings (SSSR count). The molecule has 2 aliphatic rings. The third-order valence-corrected chi connectivity index (χ3v) is 7.69. The fraction of sp³-hybridized carbons (Fsp3) is 0.571. The number of anilines is 2. The molecule has 162 valence electrons. The minimum atomic E-state index is -4.54. The molecular weight excluding hydrogens is 411 g/mol. The lowest BCUT2D eigenvalue weighted by Crippen LogP contribution is -2.42. The van der Waals surface area contributed by atoms with Gasteiger partial charge in [-0.25, -0.2) is 9.97 Å². The molecule has 2 fully saturated rings. The van der Waals surface area contributed by atoms with Crippen LogP contribution in [-0.4, -0.2) is 28.0 Å². The maximum Gasteiger partial charge on any atom is 0.434 e. The van der Waals surface area contributed by atoms with Crippen LogP contribution in [0.1, 0.15) is 45.2 Å². The molecule has 5 nitrogen and oxygen atoms in total. The van der Waals surface area contributed by atoms with Crippen molar-refractivity contribution in [2.75, 3.05) is 23.7 Å². The van der Waals surface area contributed by atoms with Crippen LogP contribution in [0.15, 0.2) is 34.4 Å². The van der Waals surface area contributed by atoms with Crippen LogP contribution in [0.4, 0.5) is 24.8 Å². The maximum atomic E-state index is 13.2. The zero-order valence-electron chi connectivity index (χ0n) is 17.1. The number of rotatable bonds is 3. The van der Waals surface area contributed by atoms with Crippen molar-refractivity contribution in [3.8, 4) is 0 Å². The van der Waals surface area contributed by atoms with E-state index in [1.165, 1.54) is 25.0 Å². The summed E-state index contributed by atoms with van der Waals surface area (Å²) >= 11 is 0.839. The van der Waals surface area contributed by atoms with Crippen LogP contribution in [0.3, 0.4) is 0 Å². The highest BCUT2D eigenvalue weighted by molar-refractivity contribution is 7.99. The van der Waals surface area contributed by atoms with Gasteiger partial charge in [0, 0.05) is 24.2 Å². The Kier molecular flexibility index (Phi) is 5.59. The molecule has 1 aliphatic heterocycles. The van der Waals surface area contributed by atoms with E-state index in [2.05, 4.69) is 33.7 Å². The normalized spacial score (nSPS) is 23.8. The standard InChI is InChI=1S/C21H26F3N5S/c1-13-10-14(2)20(11-13)5-8-29(9-6-20)16-12-27-19(18(25)28-16)30-15-4-3-7-26-17(15)21(22,23)24/h3-4,7,12-14H,5-6,8-11H2,1-2H3,(H2,25,28)/t13-,14+/m1/s1. The van der Waals surface area contributed by atoms with E-state index < -0.39 is 11.9 Å². The molecule has 0 amide bonds. The second-order valence-corrected chi connectivity index (χ2v) is 9.69. The first kappa shape index (κ1) is 21.2. The van der Waals surface area contributed by atoms with Gasteiger partial charge in [-0.1, -0.05) is 25.6 Å². The Bertz CT molecular complexity index is 912. The van der Waals surface area contributed by atoms with Gasteiger partial charge in [0.1, 0.15) is 10.8 Å². The van der Waals surface area contributed by atoms with Crippen molar-refractivity contribution in [2.45, 2.75) is 55.6 Å². The van der Waals surface area contributed by atoms with Crippen LogP contribution in [0.2, 0.25) is 0 Å². The molecule has 30 heavy (non-hydrogen) atoms. The number of halogens is 3. The monoisotopic (exact) mass is 437 g/mol. The van der Waals surface area contributed by atoms with Gasteiger partial charge in [-0.2, -0.15) is 13.2 Å². The number of aromatic nitrogens is 3. The second kappa shape index (κ2) is 7.90. The van der Waals surface area contributed by atoms with Crippen LogP contribution < -0.4 is 10.6 Å². The Labute approximate surface area is 178 Å². The second-order valence-electron chi connectivity index (χ2n) is 8.66. The number of alkyl halides is 3. The number of nitrogens with two attached hydrogens (primary N) is 1. The molecule has 2 aromatic rings. The largest absolute Gasteiger partial charge is 0.434 e. The lowest BCUT2D eigenvalue weighted by Gasteiger charge is -2.42. The SMILES string of the molecule is C[C@@H]1C[C@H](C)C2(CCN(c3cnc(Sc4cccnc4C(F)(F)F)c(N)n3)CC2)C1. The molecule has 1 spiro atoms. The van der Waals surface area contributed by atoms with Gasteiger partial charge < -0.3 is 10.6 Å². The van der Waals surface area contributed by atoms with Crippen molar-refractivity contribution in [3.63, 3.8) is 0 Å². The molecule has 0 aromatic carbocycles. The van der Waals surface area contributed by atoms with E-state index in [-0.39, 0.29) is 15.7 Å². The smallest absolute Gasteiger partial charge is 0.381 e. The summed E-state index contributed by atoms with van der Waals surface area (Å²) in [6.45, 7) is 6.51. The summed E-state index contributed by atoms with van der Waals surface area (Å²) in [5.41, 5.74) is 5.55. The Morgan fingerprint density at radius 3 is 2.53 bits per heavy atom. The van der Waals surface area contributed by atoms with E-state index in [1.807, 2.05) is 0 Å². The molecule has 2 N–H and O–H groups in total. The van der Waals surface area contributed by atoms with E-state index in [9.17, 15) is 13.2 Å². The van der Waals surface area contributed by atoms with Gasteiger partial charge in [0.2, 0.25) is 0 Å². The summed E-state index contributed by atoms with van der Waals surface area (Å²) in [6.07, 6.45) is 3.04. The van der Waals surface area contributed by atoms with Crippen LogP contribution in [0, 0.1) is 17.3 Å². The van der Waals surface area contributed by atoms with Crippen molar-refractivity contribution in [1.29, 1.82) is 0 Å². The third-order valence-electron chi connectivity index (χ3n) is 6.64. The van der Waals surface area contributed by atoms with Gasteiger partial charge in [0.05, 0.1) is 6.20 Å². The van der Waals surface area contributed by atoms with Gasteiger partial charge in [0.25, 0.3) is 0 Å². The van der Waals surface area contributed by atoms with E-state index in [0.29, 0.717) is 11.2 Å². The van der Waals surface area contributed by atoms with E-state index >= 15 is 0 Å². The average Bonchev–Trinajstić information content (AvgIpc) is 2.96. The molecule has 2 aromatic heterocycles. The van der Waals surface area contributed by atoms with Gasteiger partial charge in [-0.15, -0.1) is 0 Å². The Morgan fingerprint density at radius 1 is 1.20 bits per heavy atom. The van der Waals surface area contributed by atoms with Crippen molar-refractivity contribution < 1.29 is 13.2 Å². The van der Waals surface area contributed by atoms with E-state index in [0.717, 1.165) is 55.7 Å². The Morgan fingerprint density at radius 2 is 1.93 bits per heavy atom. The summed E-state index contributed by atoms with van der Waals surface area (Å²) < 4.78 is 39.6. The first-order valence-electron chi connectivity index (χ1n) is 10.3. The quantitative estimate of drug-likeness (QED) is 0.705. The van der Waals surface area contributed by atoms with Crippen LogP contribution >= 0.6 is 11.8 Å². The first-order chi connectivity index (χ1) is 14.2. The van der Waals surface area contributed by atoms with Crippen LogP contribution in [0.25, 0.3) is 0 Å². The molecule has 0 radical (unpaired) electrons. The molecule has 0 bridgehead atoms. The summed E-state index contributed by atoms with van der Waals surface area (Å²) in [5.74, 6) is 2.35. The topological polar surface area (TPSA) is 67.9 Å². The van der Waals surface area contributed by atoms with Crippen molar-refractivity contribution >= 4 is 23.4 Å². The number of hydrogen-bond acceptors (Lipinski definition) is 6. The fourth-order valence-electron chi connectivity index (χ4n) is 5.11. The molecule has 9 heteroatoms. The molecule has 2 atom stereocenters. The summed E-state index contributed by atoms with van der Waals surface area (Å²) in [5, 5.41) is 0.254. The van der Waals surface area contributed by atoms with Crippen molar-refractivity contribution in [2.24, 2.45) is 17.3 Å². The number of hydrogen-bond donors (Lipinski definition) is 1. The summed E-state index contributed by atoms with van der Waals surface area (Å²) in [6, 6.07) is 2.83. The summed E-state index contributed by atoms with van der Waals surface area (Å²) in [4.78, 5) is 14.4. The zero-order valence-corrected chi connectivity index (χ0v) is 17.9. The highest BCUT2D eigenvalue weighted by Crippen LogP contribution is 2.52. The lowest BCUT2D eigenvalue weighted by molar-refractivity contribution is -0.143. The van der Waals surface area contributed by atoms with Crippen molar-refractivity contribution in [1.82, 2.24) is 15.0 Å². The molecule has 1 aliphatic carbocycles. The lowest BCUT2D eigenvalue weighted by atomic mass is 9.71. The number of nitrogen functional groups attached to an aromatic ring is 1. The maximum absolute atomic E-state index is 13.2. The predicted molar refractivity (Wildman–Crippen MR) is 111 cm³/mol. The summed E-state index contributed by atoms with van der Waals surface area (Å²) in [7, 11) is 0. The molecule has 0 unspecified atom stereocenters. The van der Waals surface area contributed by atoms with Crippen LogP contribution in [0.5, 0.6) is 0 Å². The minimum Gasteiger partial charge on any atom is -0.381 e. The van der Waals surface area contributed by atoms with Gasteiger partial charge in [-0.3, -0.25) is 4.98 Å². The van der Waals surface area contributed by atoms with E-state index in [1.54, 1.807) is 6.20 Å². The first-order valence-corrected chi connectivity index (χ1v) is 11.1. The highest BCUT2D eigenvalue weighted by atomic mass is 32.2. The number of pyridine rings is 1. The zero-order chi connectivity index (χ0) is 21.5. The van der Waals surface area contributed by atoms with Gasteiger partial charge in [-0.05, 0) is 55.1 Å². The van der Waals surface area contributed by atoms with Crippen molar-refractivity contribution in [3.05, 3.63) is 30.2 Å². The molecule has 1 saturated carbocycles. The minimum absolute atomic E-state index is 0.0389. The Balaban J connectivity index is 1.48. The molecule has 1 saturated heterocycles. The highest BCUT2D eigenvalue weighted by Gasteiger charge is 2.45. The van der Waals surface area contributed by atoms with Gasteiger partial charge in [0.15, 0.2) is 11.5 Å². The number of nitrogens with zero attached hydrogens (tertiary/aromatic N) is 4. The Hall–Kier alpha value is -2.03.